The van der Waals surface area contributed by atoms with Crippen LogP contribution >= 0.6 is 15.9 Å². The van der Waals surface area contributed by atoms with Crippen LogP contribution in [0.3, 0.4) is 0 Å². The molecule has 4 nitrogen and oxygen atoms in total. The number of likely N-dealkylation sites (N-methyl/N-ethyl adjacent to an activating group) is 1. The van der Waals surface area contributed by atoms with E-state index in [1.807, 2.05) is 20.9 Å². The van der Waals surface area contributed by atoms with Crippen LogP contribution in [0.1, 0.15) is 13.8 Å². The number of nitrogens with zero attached hydrogens (tertiary/aromatic N) is 2. The predicted octanol–water partition coefficient (Wildman–Crippen LogP) is 2.30. The summed E-state index contributed by atoms with van der Waals surface area (Å²) in [6, 6.07) is 4.02. The molecule has 112 valence electrons. The Bertz CT molecular complexity index is 619. The fourth-order valence-electron chi connectivity index (χ4n) is 2.22. The van der Waals surface area contributed by atoms with Crippen LogP contribution in [0.2, 0.25) is 0 Å². The van der Waals surface area contributed by atoms with Crippen LogP contribution in [0, 0.1) is 5.82 Å². The van der Waals surface area contributed by atoms with Gasteiger partial charge in [0.15, 0.2) is 0 Å². The van der Waals surface area contributed by atoms with Crippen molar-refractivity contribution in [3.05, 3.63) is 28.5 Å². The highest BCUT2D eigenvalue weighted by molar-refractivity contribution is 9.10. The number of hydrogen-bond donors (Lipinski definition) is 0. The van der Waals surface area contributed by atoms with Crippen molar-refractivity contribution in [2.45, 2.75) is 24.3 Å². The second-order valence-electron chi connectivity index (χ2n) is 5.65. The smallest absolute Gasteiger partial charge is 0.246 e. The first-order chi connectivity index (χ1) is 9.14. The van der Waals surface area contributed by atoms with Crippen molar-refractivity contribution in [3.8, 4) is 0 Å². The second kappa shape index (κ2) is 5.36. The molecule has 0 unspecified atom stereocenters. The van der Waals surface area contributed by atoms with Crippen molar-refractivity contribution in [2.75, 3.05) is 26.7 Å². The summed E-state index contributed by atoms with van der Waals surface area (Å²) in [7, 11) is -1.83. The van der Waals surface area contributed by atoms with Crippen LogP contribution in [0.25, 0.3) is 0 Å². The topological polar surface area (TPSA) is 40.6 Å². The SMILES string of the molecule is CN1CCN(S(=O)(=O)c2ccc(Br)cc2F)CC1(C)C. The van der Waals surface area contributed by atoms with E-state index >= 15 is 0 Å². The van der Waals surface area contributed by atoms with Gasteiger partial charge in [0.05, 0.1) is 0 Å². The number of rotatable bonds is 2. The lowest BCUT2D eigenvalue weighted by molar-refractivity contribution is 0.0800. The molecule has 0 spiro atoms. The summed E-state index contributed by atoms with van der Waals surface area (Å²) in [6.07, 6.45) is 0. The van der Waals surface area contributed by atoms with Crippen LogP contribution in [-0.4, -0.2) is 49.8 Å². The standard InChI is InChI=1S/C13H18BrFN2O2S/c1-13(2)9-17(7-6-16(13)3)20(18,19)12-5-4-10(14)8-11(12)15/h4-5,8H,6-7,9H2,1-3H3. The van der Waals surface area contributed by atoms with Gasteiger partial charge in [-0.25, -0.2) is 12.8 Å². The summed E-state index contributed by atoms with van der Waals surface area (Å²) >= 11 is 3.13. The van der Waals surface area contributed by atoms with Crippen molar-refractivity contribution in [2.24, 2.45) is 0 Å². The third-order valence-electron chi connectivity index (χ3n) is 3.79. The Labute approximate surface area is 127 Å². The molecule has 0 bridgehead atoms. The molecule has 0 atom stereocenters. The molecule has 1 saturated heterocycles. The summed E-state index contributed by atoms with van der Waals surface area (Å²) in [6.45, 7) is 5.31. The largest absolute Gasteiger partial charge is 0.299 e. The van der Waals surface area contributed by atoms with Crippen molar-refractivity contribution in [1.82, 2.24) is 9.21 Å². The highest BCUT2D eigenvalue weighted by Crippen LogP contribution is 2.27. The van der Waals surface area contributed by atoms with Gasteiger partial charge in [-0.2, -0.15) is 4.31 Å². The van der Waals surface area contributed by atoms with E-state index in [-0.39, 0.29) is 10.4 Å². The Morgan fingerprint density at radius 1 is 1.30 bits per heavy atom. The van der Waals surface area contributed by atoms with E-state index in [4.69, 9.17) is 0 Å². The Morgan fingerprint density at radius 2 is 1.95 bits per heavy atom. The fourth-order valence-corrected chi connectivity index (χ4v) is 4.19. The molecule has 20 heavy (non-hydrogen) atoms. The molecule has 1 aromatic carbocycles. The first kappa shape index (κ1) is 15.9. The van der Waals surface area contributed by atoms with Gasteiger partial charge in [0.2, 0.25) is 10.0 Å². The average molecular weight is 365 g/mol. The third kappa shape index (κ3) is 2.90. The zero-order valence-corrected chi connectivity index (χ0v) is 14.1. The normalized spacial score (nSPS) is 21.1. The number of hydrogen-bond acceptors (Lipinski definition) is 3. The number of benzene rings is 1. The molecule has 0 aliphatic carbocycles. The lowest BCUT2D eigenvalue weighted by Crippen LogP contribution is -2.58. The lowest BCUT2D eigenvalue weighted by atomic mass is 10.0. The van der Waals surface area contributed by atoms with Crippen LogP contribution in [0.4, 0.5) is 4.39 Å². The fraction of sp³-hybridized carbons (Fsp3) is 0.538. The van der Waals surface area contributed by atoms with E-state index in [2.05, 4.69) is 20.8 Å². The highest BCUT2D eigenvalue weighted by atomic mass is 79.9. The highest BCUT2D eigenvalue weighted by Gasteiger charge is 2.38. The minimum absolute atomic E-state index is 0.263. The minimum atomic E-state index is -3.79. The maximum Gasteiger partial charge on any atom is 0.246 e. The Morgan fingerprint density at radius 3 is 2.50 bits per heavy atom. The average Bonchev–Trinajstić information content (AvgIpc) is 2.31. The maximum absolute atomic E-state index is 13.9. The van der Waals surface area contributed by atoms with E-state index in [0.717, 1.165) is 0 Å². The van der Waals surface area contributed by atoms with E-state index in [1.54, 1.807) is 0 Å². The molecule has 0 saturated carbocycles. The van der Waals surface area contributed by atoms with Crippen molar-refractivity contribution < 1.29 is 12.8 Å². The molecule has 0 aromatic heterocycles. The van der Waals surface area contributed by atoms with Crippen LogP contribution in [-0.2, 0) is 10.0 Å². The minimum Gasteiger partial charge on any atom is -0.299 e. The van der Waals surface area contributed by atoms with Gasteiger partial charge >= 0.3 is 0 Å². The zero-order valence-electron chi connectivity index (χ0n) is 11.7. The molecule has 0 radical (unpaired) electrons. The molecule has 1 fully saturated rings. The van der Waals surface area contributed by atoms with Gasteiger partial charge in [-0.3, -0.25) is 4.90 Å². The number of sulfonamides is 1. The molecule has 0 N–H and O–H groups in total. The first-order valence-corrected chi connectivity index (χ1v) is 8.54. The second-order valence-corrected chi connectivity index (χ2v) is 8.47. The van der Waals surface area contributed by atoms with Crippen molar-refractivity contribution in [3.63, 3.8) is 0 Å². The van der Waals surface area contributed by atoms with E-state index in [0.29, 0.717) is 24.1 Å². The summed E-state index contributed by atoms with van der Waals surface area (Å²) in [5.41, 5.74) is -0.267. The molecule has 1 aliphatic rings. The molecule has 0 amide bonds. The quantitative estimate of drug-likeness (QED) is 0.808. The number of piperazine rings is 1. The molecular weight excluding hydrogens is 347 g/mol. The van der Waals surface area contributed by atoms with E-state index in [9.17, 15) is 12.8 Å². The van der Waals surface area contributed by atoms with Gasteiger partial charge < -0.3 is 0 Å². The number of halogens is 2. The zero-order chi connectivity index (χ0) is 15.1. The van der Waals surface area contributed by atoms with Gasteiger partial charge in [-0.15, -0.1) is 0 Å². The van der Waals surface area contributed by atoms with Crippen LogP contribution in [0.5, 0.6) is 0 Å². The molecule has 2 rings (SSSR count). The summed E-state index contributed by atoms with van der Waals surface area (Å²) in [5.74, 6) is -0.726. The van der Waals surface area contributed by atoms with Gasteiger partial charge in [0.25, 0.3) is 0 Å². The Kier molecular flexibility index (Phi) is 4.26. The van der Waals surface area contributed by atoms with E-state index in [1.165, 1.54) is 22.5 Å². The first-order valence-electron chi connectivity index (χ1n) is 6.31. The van der Waals surface area contributed by atoms with Crippen LogP contribution < -0.4 is 0 Å². The monoisotopic (exact) mass is 364 g/mol. The lowest BCUT2D eigenvalue weighted by Gasteiger charge is -2.44. The third-order valence-corrected chi connectivity index (χ3v) is 6.16. The maximum atomic E-state index is 13.9. The van der Waals surface area contributed by atoms with Gasteiger partial charge in [-0.05, 0) is 39.1 Å². The summed E-state index contributed by atoms with van der Waals surface area (Å²) in [5, 5.41) is 0. The summed E-state index contributed by atoms with van der Waals surface area (Å²) in [4.78, 5) is 1.85. The Balaban J connectivity index is 2.36. The molecular formula is C13H18BrFN2O2S. The van der Waals surface area contributed by atoms with Crippen molar-refractivity contribution >= 4 is 26.0 Å². The van der Waals surface area contributed by atoms with Crippen LogP contribution in [0.15, 0.2) is 27.6 Å². The Hall–Kier alpha value is -0.500. The van der Waals surface area contributed by atoms with Crippen molar-refractivity contribution in [1.29, 1.82) is 0 Å². The molecule has 1 heterocycles. The van der Waals surface area contributed by atoms with Gasteiger partial charge in [0, 0.05) is 29.6 Å². The van der Waals surface area contributed by atoms with E-state index < -0.39 is 15.8 Å². The molecule has 1 aliphatic heterocycles. The molecule has 7 heteroatoms. The summed E-state index contributed by atoms with van der Waals surface area (Å²) < 4.78 is 40.9. The van der Waals surface area contributed by atoms with Gasteiger partial charge in [-0.1, -0.05) is 15.9 Å². The van der Waals surface area contributed by atoms with Gasteiger partial charge in [0.1, 0.15) is 10.7 Å². The molecule has 1 aromatic rings. The predicted molar refractivity (Wildman–Crippen MR) is 79.6 cm³/mol.